The van der Waals surface area contributed by atoms with Crippen LogP contribution in [0, 0.1) is 6.92 Å². The second-order valence-corrected chi connectivity index (χ2v) is 5.69. The van der Waals surface area contributed by atoms with Gasteiger partial charge >= 0.3 is 0 Å². The van der Waals surface area contributed by atoms with Crippen LogP contribution in [0.3, 0.4) is 0 Å². The first-order valence-corrected chi connectivity index (χ1v) is 6.83. The molecule has 0 spiro atoms. The van der Waals surface area contributed by atoms with E-state index in [9.17, 15) is 8.42 Å². The highest BCUT2D eigenvalue weighted by Crippen LogP contribution is 2.15. The monoisotopic (exact) mass is 250 g/mol. The molecule has 0 aliphatic carbocycles. The van der Waals surface area contributed by atoms with Crippen LogP contribution in [0.1, 0.15) is 18.2 Å². The lowest BCUT2D eigenvalue weighted by atomic mass is 10.2. The average Bonchev–Trinajstić information content (AvgIpc) is 2.77. The third-order valence-corrected chi connectivity index (χ3v) is 4.22. The Kier molecular flexibility index (Phi) is 3.02. The van der Waals surface area contributed by atoms with Crippen LogP contribution in [0.4, 0.5) is 0 Å². The molecule has 0 aliphatic heterocycles. The molecule has 0 fully saturated rings. The Labute approximate surface area is 101 Å². The summed E-state index contributed by atoms with van der Waals surface area (Å²) in [6.07, 6.45) is 3.71. The quantitative estimate of drug-likeness (QED) is 0.837. The van der Waals surface area contributed by atoms with Gasteiger partial charge in [-0.05, 0) is 31.0 Å². The molecule has 1 aromatic heterocycles. The summed E-state index contributed by atoms with van der Waals surface area (Å²) in [5.41, 5.74) is 1.80. The van der Waals surface area contributed by atoms with Gasteiger partial charge in [-0.25, -0.2) is 17.4 Å². The molecule has 90 valence electrons. The largest absolute Gasteiger partial charge is 0.268 e. The summed E-state index contributed by atoms with van der Waals surface area (Å²) in [6.45, 7) is 3.79. The maximum atomic E-state index is 12.2. The molecule has 0 aliphatic rings. The Hall–Kier alpha value is -1.62. The van der Waals surface area contributed by atoms with Crippen LogP contribution in [-0.4, -0.2) is 17.4 Å². The average molecular weight is 250 g/mol. The molecule has 0 unspecified atom stereocenters. The highest BCUT2D eigenvalue weighted by atomic mass is 32.2. The van der Waals surface area contributed by atoms with E-state index in [-0.39, 0.29) is 4.90 Å². The third kappa shape index (κ3) is 2.24. The molecule has 0 saturated carbocycles. The molecule has 0 bridgehead atoms. The van der Waals surface area contributed by atoms with E-state index in [1.165, 1.54) is 12.5 Å². The number of aromatic nitrogens is 2. The molecule has 0 atom stereocenters. The van der Waals surface area contributed by atoms with Gasteiger partial charge in [0.25, 0.3) is 10.0 Å². The van der Waals surface area contributed by atoms with E-state index >= 15 is 0 Å². The predicted molar refractivity (Wildman–Crippen MR) is 65.4 cm³/mol. The minimum atomic E-state index is -3.49. The lowest BCUT2D eigenvalue weighted by Crippen LogP contribution is -2.10. The summed E-state index contributed by atoms with van der Waals surface area (Å²) < 4.78 is 25.5. The van der Waals surface area contributed by atoms with E-state index in [0.29, 0.717) is 5.69 Å². The SMILES string of the molecule is CCc1ccc(S(=O)(=O)n2cnc(C)c2)cc1. The fourth-order valence-electron chi connectivity index (χ4n) is 1.55. The molecule has 17 heavy (non-hydrogen) atoms. The van der Waals surface area contributed by atoms with Crippen molar-refractivity contribution < 1.29 is 8.42 Å². The fourth-order valence-corrected chi connectivity index (χ4v) is 2.74. The summed E-state index contributed by atoms with van der Waals surface area (Å²) in [5.74, 6) is 0. The van der Waals surface area contributed by atoms with Crippen molar-refractivity contribution in [2.45, 2.75) is 25.2 Å². The van der Waals surface area contributed by atoms with Crippen molar-refractivity contribution in [1.82, 2.24) is 8.96 Å². The normalized spacial score (nSPS) is 11.6. The zero-order valence-electron chi connectivity index (χ0n) is 9.79. The van der Waals surface area contributed by atoms with Crippen molar-refractivity contribution in [2.75, 3.05) is 0 Å². The summed E-state index contributed by atoms with van der Waals surface area (Å²) in [7, 11) is -3.49. The van der Waals surface area contributed by atoms with Crippen molar-refractivity contribution >= 4 is 10.0 Å². The topological polar surface area (TPSA) is 52.0 Å². The molecule has 0 amide bonds. The van der Waals surface area contributed by atoms with Gasteiger partial charge in [-0.2, -0.15) is 0 Å². The van der Waals surface area contributed by atoms with E-state index in [1.807, 2.05) is 19.1 Å². The second kappa shape index (κ2) is 4.33. The van der Waals surface area contributed by atoms with Crippen molar-refractivity contribution in [3.8, 4) is 0 Å². The third-order valence-electron chi connectivity index (χ3n) is 2.60. The van der Waals surface area contributed by atoms with E-state index in [4.69, 9.17) is 0 Å². The van der Waals surface area contributed by atoms with Gasteiger partial charge < -0.3 is 0 Å². The Morgan fingerprint density at radius 2 is 1.88 bits per heavy atom. The zero-order valence-corrected chi connectivity index (χ0v) is 10.6. The van der Waals surface area contributed by atoms with Crippen molar-refractivity contribution in [2.24, 2.45) is 0 Å². The van der Waals surface area contributed by atoms with Crippen molar-refractivity contribution in [3.63, 3.8) is 0 Å². The molecular weight excluding hydrogens is 236 g/mol. The zero-order chi connectivity index (χ0) is 12.5. The standard InChI is InChI=1S/C12H14N2O2S/c1-3-11-4-6-12(7-5-11)17(15,16)14-8-10(2)13-9-14/h4-9H,3H2,1-2H3. The molecule has 0 saturated heterocycles. The first-order valence-electron chi connectivity index (χ1n) is 5.39. The number of hydrogen-bond acceptors (Lipinski definition) is 3. The van der Waals surface area contributed by atoms with E-state index in [0.717, 1.165) is 16.0 Å². The highest BCUT2D eigenvalue weighted by molar-refractivity contribution is 7.90. The number of aryl methyl sites for hydroxylation is 2. The van der Waals surface area contributed by atoms with Gasteiger partial charge in [0.2, 0.25) is 0 Å². The molecule has 1 aromatic carbocycles. The van der Waals surface area contributed by atoms with Gasteiger partial charge in [-0.3, -0.25) is 0 Å². The number of benzene rings is 1. The van der Waals surface area contributed by atoms with Crippen LogP contribution in [0.25, 0.3) is 0 Å². The van der Waals surface area contributed by atoms with Gasteiger partial charge in [0.15, 0.2) is 0 Å². The molecule has 4 nitrogen and oxygen atoms in total. The van der Waals surface area contributed by atoms with Gasteiger partial charge in [-0.1, -0.05) is 19.1 Å². The maximum Gasteiger partial charge on any atom is 0.268 e. The summed E-state index contributed by atoms with van der Waals surface area (Å²) in [5, 5.41) is 0. The molecular formula is C12H14N2O2S. The molecule has 0 N–H and O–H groups in total. The minimum Gasteiger partial charge on any atom is -0.241 e. The van der Waals surface area contributed by atoms with E-state index < -0.39 is 10.0 Å². The van der Waals surface area contributed by atoms with Crippen LogP contribution >= 0.6 is 0 Å². The van der Waals surface area contributed by atoms with Crippen LogP contribution in [-0.2, 0) is 16.4 Å². The van der Waals surface area contributed by atoms with E-state index in [1.54, 1.807) is 19.1 Å². The summed E-state index contributed by atoms with van der Waals surface area (Å²) >= 11 is 0. The highest BCUT2D eigenvalue weighted by Gasteiger charge is 2.16. The van der Waals surface area contributed by atoms with Gasteiger partial charge in [0.1, 0.15) is 6.33 Å². The van der Waals surface area contributed by atoms with Crippen LogP contribution in [0.2, 0.25) is 0 Å². The van der Waals surface area contributed by atoms with Gasteiger partial charge in [0.05, 0.1) is 10.6 Å². The van der Waals surface area contributed by atoms with Crippen LogP contribution in [0.15, 0.2) is 41.7 Å². The molecule has 5 heteroatoms. The lowest BCUT2D eigenvalue weighted by Gasteiger charge is -2.05. The number of imidazole rings is 1. The Morgan fingerprint density at radius 3 is 2.35 bits per heavy atom. The smallest absolute Gasteiger partial charge is 0.241 e. The Morgan fingerprint density at radius 1 is 1.24 bits per heavy atom. The molecule has 1 heterocycles. The Balaban J connectivity index is 2.44. The Bertz CT molecular complexity index is 612. The number of rotatable bonds is 3. The molecule has 2 aromatic rings. The minimum absolute atomic E-state index is 0.284. The van der Waals surface area contributed by atoms with Crippen LogP contribution in [0.5, 0.6) is 0 Å². The summed E-state index contributed by atoms with van der Waals surface area (Å²) in [4.78, 5) is 4.21. The van der Waals surface area contributed by atoms with E-state index in [2.05, 4.69) is 4.98 Å². The van der Waals surface area contributed by atoms with Gasteiger partial charge in [-0.15, -0.1) is 0 Å². The molecule has 0 radical (unpaired) electrons. The first-order chi connectivity index (χ1) is 8.04. The number of hydrogen-bond donors (Lipinski definition) is 0. The second-order valence-electron chi connectivity index (χ2n) is 3.85. The van der Waals surface area contributed by atoms with Gasteiger partial charge in [0, 0.05) is 6.20 Å². The predicted octanol–water partition coefficient (Wildman–Crippen LogP) is 1.99. The van der Waals surface area contributed by atoms with Crippen molar-refractivity contribution in [1.29, 1.82) is 0 Å². The van der Waals surface area contributed by atoms with Crippen LogP contribution < -0.4 is 0 Å². The lowest BCUT2D eigenvalue weighted by molar-refractivity contribution is 0.587. The summed E-state index contributed by atoms with van der Waals surface area (Å²) in [6, 6.07) is 6.92. The fraction of sp³-hybridized carbons (Fsp3) is 0.250. The molecule has 2 rings (SSSR count). The first kappa shape index (κ1) is 11.9. The maximum absolute atomic E-state index is 12.2. The number of nitrogens with zero attached hydrogens (tertiary/aromatic N) is 2. The van der Waals surface area contributed by atoms with Crippen molar-refractivity contribution in [3.05, 3.63) is 48.0 Å².